The molecule has 3 heterocycles. The average molecular weight is 396 g/mol. The smallest absolute Gasteiger partial charge is 0.127 e. The first-order valence-corrected chi connectivity index (χ1v) is 10.5. The Morgan fingerprint density at radius 3 is 2.73 bits per heavy atom. The number of rotatable bonds is 3. The lowest BCUT2D eigenvalue weighted by Crippen LogP contribution is -2.47. The summed E-state index contributed by atoms with van der Waals surface area (Å²) in [5.74, 6) is 1.63. The molecule has 1 saturated carbocycles. The minimum Gasteiger partial charge on any atom is -0.373 e. The van der Waals surface area contributed by atoms with Crippen molar-refractivity contribution in [1.29, 1.82) is 0 Å². The van der Waals surface area contributed by atoms with E-state index < -0.39 is 0 Å². The van der Waals surface area contributed by atoms with Crippen LogP contribution in [0.1, 0.15) is 68.3 Å². The molecule has 0 aromatic carbocycles. The number of hydrogen-bond donors (Lipinski definition) is 0. The molecule has 0 N–H and O–H groups in total. The number of aryl methyl sites for hydroxylation is 1. The summed E-state index contributed by atoms with van der Waals surface area (Å²) in [4.78, 5) is 14.7. The standard InChI is InChI=1S/C20H29N3OS.ClH/c1-14-21-17(12-23-9-10-24-20(2,3)13-23)16-11-18(25-19(16)22-14)15-7-5-4-6-8-15;/h11,15H,4-10,12-13H2,1-3H3;1H. The lowest BCUT2D eigenvalue weighted by Gasteiger charge is -2.38. The highest BCUT2D eigenvalue weighted by molar-refractivity contribution is 7.18. The van der Waals surface area contributed by atoms with Crippen LogP contribution in [0.4, 0.5) is 0 Å². The maximum Gasteiger partial charge on any atom is 0.127 e. The minimum atomic E-state index is -0.0681. The van der Waals surface area contributed by atoms with E-state index in [0.717, 1.165) is 38.0 Å². The van der Waals surface area contributed by atoms with E-state index in [9.17, 15) is 0 Å². The number of fused-ring (bicyclic) bond motifs is 1. The Labute approximate surface area is 166 Å². The monoisotopic (exact) mass is 395 g/mol. The Hall–Kier alpha value is -0.750. The Kier molecular flexibility index (Phi) is 6.22. The lowest BCUT2D eigenvalue weighted by atomic mass is 9.88. The van der Waals surface area contributed by atoms with Gasteiger partial charge < -0.3 is 4.74 Å². The van der Waals surface area contributed by atoms with Gasteiger partial charge in [0, 0.05) is 29.9 Å². The van der Waals surface area contributed by atoms with Crippen molar-refractivity contribution >= 4 is 34.0 Å². The fraction of sp³-hybridized carbons (Fsp3) is 0.700. The predicted molar refractivity (Wildman–Crippen MR) is 111 cm³/mol. The Bertz CT molecular complexity index is 755. The van der Waals surface area contributed by atoms with E-state index in [-0.39, 0.29) is 18.0 Å². The summed E-state index contributed by atoms with van der Waals surface area (Å²) in [6, 6.07) is 2.40. The first kappa shape index (κ1) is 20.0. The molecular formula is C20H30ClN3OS. The molecule has 0 radical (unpaired) electrons. The van der Waals surface area contributed by atoms with Crippen LogP contribution in [0.15, 0.2) is 6.07 Å². The van der Waals surface area contributed by atoms with Gasteiger partial charge in [0.05, 0.1) is 17.9 Å². The van der Waals surface area contributed by atoms with Crippen molar-refractivity contribution in [2.75, 3.05) is 19.7 Å². The molecule has 6 heteroatoms. The predicted octanol–water partition coefficient (Wildman–Crippen LogP) is 5.08. The molecule has 0 atom stereocenters. The van der Waals surface area contributed by atoms with E-state index in [0.29, 0.717) is 0 Å². The largest absolute Gasteiger partial charge is 0.373 e. The van der Waals surface area contributed by atoms with E-state index in [1.807, 2.05) is 18.3 Å². The molecule has 4 rings (SSSR count). The Balaban J connectivity index is 0.00000196. The van der Waals surface area contributed by atoms with Crippen molar-refractivity contribution in [3.8, 4) is 0 Å². The summed E-state index contributed by atoms with van der Waals surface area (Å²) in [5.41, 5.74) is 1.12. The van der Waals surface area contributed by atoms with E-state index in [1.54, 1.807) is 0 Å². The quantitative estimate of drug-likeness (QED) is 0.726. The number of ether oxygens (including phenoxy) is 1. The van der Waals surface area contributed by atoms with Crippen LogP contribution < -0.4 is 0 Å². The van der Waals surface area contributed by atoms with Crippen LogP contribution in [0, 0.1) is 6.92 Å². The van der Waals surface area contributed by atoms with Gasteiger partial charge in [-0.3, -0.25) is 4.90 Å². The second-order valence-corrected chi connectivity index (χ2v) is 9.30. The molecule has 2 fully saturated rings. The molecule has 0 amide bonds. The van der Waals surface area contributed by atoms with Crippen molar-refractivity contribution in [1.82, 2.24) is 14.9 Å². The average Bonchev–Trinajstić information content (AvgIpc) is 2.99. The van der Waals surface area contributed by atoms with Gasteiger partial charge in [-0.2, -0.15) is 0 Å². The van der Waals surface area contributed by atoms with Gasteiger partial charge in [-0.05, 0) is 45.6 Å². The van der Waals surface area contributed by atoms with Crippen molar-refractivity contribution in [3.63, 3.8) is 0 Å². The summed E-state index contributed by atoms with van der Waals surface area (Å²) < 4.78 is 5.86. The maximum atomic E-state index is 5.86. The van der Waals surface area contributed by atoms with Crippen LogP contribution in [0.25, 0.3) is 10.2 Å². The van der Waals surface area contributed by atoms with Crippen molar-refractivity contribution in [2.24, 2.45) is 0 Å². The normalized spacial score (nSPS) is 21.7. The highest BCUT2D eigenvalue weighted by Crippen LogP contribution is 2.39. The minimum absolute atomic E-state index is 0. The summed E-state index contributed by atoms with van der Waals surface area (Å²) in [5, 5.41) is 1.28. The Morgan fingerprint density at radius 1 is 1.23 bits per heavy atom. The second-order valence-electron chi connectivity index (χ2n) is 8.24. The molecule has 26 heavy (non-hydrogen) atoms. The van der Waals surface area contributed by atoms with Gasteiger partial charge >= 0.3 is 0 Å². The lowest BCUT2D eigenvalue weighted by molar-refractivity contribution is -0.0884. The fourth-order valence-electron chi connectivity index (χ4n) is 4.29. The number of aromatic nitrogens is 2. The van der Waals surface area contributed by atoms with Crippen LogP contribution in [-0.4, -0.2) is 40.2 Å². The van der Waals surface area contributed by atoms with E-state index in [2.05, 4.69) is 24.8 Å². The molecule has 1 aliphatic heterocycles. The molecule has 2 aromatic rings. The summed E-state index contributed by atoms with van der Waals surface area (Å²) >= 11 is 1.90. The molecule has 0 spiro atoms. The molecule has 1 aliphatic carbocycles. The third kappa shape index (κ3) is 4.38. The molecule has 2 aromatic heterocycles. The number of hydrogen-bond acceptors (Lipinski definition) is 5. The molecule has 0 unspecified atom stereocenters. The van der Waals surface area contributed by atoms with Crippen LogP contribution in [-0.2, 0) is 11.3 Å². The molecule has 144 valence electrons. The van der Waals surface area contributed by atoms with Gasteiger partial charge in [-0.25, -0.2) is 9.97 Å². The molecule has 2 aliphatic rings. The van der Waals surface area contributed by atoms with Crippen molar-refractivity contribution in [2.45, 2.75) is 70.9 Å². The SMILES string of the molecule is Cc1nc(CN2CCOC(C)(C)C2)c2cc(C3CCCCC3)sc2n1.Cl. The van der Waals surface area contributed by atoms with Gasteiger partial charge in [0.1, 0.15) is 10.7 Å². The second kappa shape index (κ2) is 8.09. The molecular weight excluding hydrogens is 366 g/mol. The topological polar surface area (TPSA) is 38.2 Å². The van der Waals surface area contributed by atoms with Crippen molar-refractivity contribution < 1.29 is 4.74 Å². The number of halogens is 1. The summed E-state index contributed by atoms with van der Waals surface area (Å²) in [6.45, 7) is 10.00. The highest BCUT2D eigenvalue weighted by Gasteiger charge is 2.28. The van der Waals surface area contributed by atoms with Gasteiger partial charge in [0.15, 0.2) is 0 Å². The van der Waals surface area contributed by atoms with Gasteiger partial charge in [-0.15, -0.1) is 23.7 Å². The fourth-order valence-corrected chi connectivity index (χ4v) is 5.55. The van der Waals surface area contributed by atoms with Crippen LogP contribution in [0.2, 0.25) is 0 Å². The zero-order valence-electron chi connectivity index (χ0n) is 16.1. The first-order chi connectivity index (χ1) is 12.0. The van der Waals surface area contributed by atoms with Crippen LogP contribution in [0.5, 0.6) is 0 Å². The third-order valence-electron chi connectivity index (χ3n) is 5.49. The van der Waals surface area contributed by atoms with Gasteiger partial charge in [-0.1, -0.05) is 19.3 Å². The Morgan fingerprint density at radius 2 is 2.00 bits per heavy atom. The molecule has 0 bridgehead atoms. The highest BCUT2D eigenvalue weighted by atomic mass is 35.5. The summed E-state index contributed by atoms with van der Waals surface area (Å²) in [6.07, 6.45) is 6.83. The zero-order chi connectivity index (χ0) is 17.4. The maximum absolute atomic E-state index is 5.86. The zero-order valence-corrected chi connectivity index (χ0v) is 17.7. The number of nitrogens with zero attached hydrogens (tertiary/aromatic N) is 3. The number of thiophene rings is 1. The number of morpholine rings is 1. The third-order valence-corrected chi connectivity index (χ3v) is 6.68. The van der Waals surface area contributed by atoms with E-state index in [4.69, 9.17) is 14.7 Å². The van der Waals surface area contributed by atoms with E-state index >= 15 is 0 Å². The van der Waals surface area contributed by atoms with Crippen LogP contribution >= 0.6 is 23.7 Å². The summed E-state index contributed by atoms with van der Waals surface area (Å²) in [7, 11) is 0. The first-order valence-electron chi connectivity index (χ1n) is 9.63. The van der Waals surface area contributed by atoms with Gasteiger partial charge in [0.2, 0.25) is 0 Å². The molecule has 4 nitrogen and oxygen atoms in total. The molecule has 1 saturated heterocycles. The van der Waals surface area contributed by atoms with Crippen LogP contribution in [0.3, 0.4) is 0 Å². The van der Waals surface area contributed by atoms with Gasteiger partial charge in [0.25, 0.3) is 0 Å². The van der Waals surface area contributed by atoms with Crippen molar-refractivity contribution in [3.05, 3.63) is 22.5 Å². The van der Waals surface area contributed by atoms with E-state index in [1.165, 1.54) is 52.9 Å².